The largest absolute Gasteiger partial charge is 0.128 e. The number of halogens is 1. The molecular weight excluding hydrogens is 220 g/mol. The van der Waals surface area contributed by atoms with Gasteiger partial charge in [0.15, 0.2) is 0 Å². The molecule has 0 aromatic carbocycles. The van der Waals surface area contributed by atoms with E-state index in [9.17, 15) is 0 Å². The van der Waals surface area contributed by atoms with Crippen LogP contribution in [-0.4, -0.2) is 0 Å². The molecule has 0 saturated carbocycles. The molecule has 0 bridgehead atoms. The van der Waals surface area contributed by atoms with E-state index in [0.29, 0.717) is 0 Å². The Labute approximate surface area is 78.4 Å². The minimum Gasteiger partial charge on any atom is -0.128 e. The summed E-state index contributed by atoms with van der Waals surface area (Å²) in [6, 6.07) is 4.24. The lowest BCUT2D eigenvalue weighted by atomic mass is 10.2. The lowest BCUT2D eigenvalue weighted by molar-refractivity contribution is 1.45. The lowest BCUT2D eigenvalue weighted by Crippen LogP contribution is -1.66. The summed E-state index contributed by atoms with van der Waals surface area (Å²) in [5, 5.41) is 0. The molecule has 0 N–H and O–H groups in total. The van der Waals surface area contributed by atoms with Crippen LogP contribution in [0.15, 0.2) is 34.1 Å². The van der Waals surface area contributed by atoms with Gasteiger partial charge in [0.2, 0.25) is 0 Å². The van der Waals surface area contributed by atoms with Gasteiger partial charge in [-0.3, -0.25) is 0 Å². The van der Waals surface area contributed by atoms with E-state index < -0.39 is 0 Å². The fourth-order valence-electron chi connectivity index (χ4n) is 1.11. The van der Waals surface area contributed by atoms with E-state index in [0.717, 1.165) is 6.42 Å². The van der Waals surface area contributed by atoms with E-state index >= 15 is 0 Å². The van der Waals surface area contributed by atoms with E-state index in [1.165, 1.54) is 14.2 Å². The van der Waals surface area contributed by atoms with Gasteiger partial charge < -0.3 is 0 Å². The highest BCUT2D eigenvalue weighted by atomic mass is 79.9. The molecule has 2 rings (SSSR count). The highest BCUT2D eigenvalue weighted by Gasteiger charge is 2.03. The van der Waals surface area contributed by atoms with Crippen molar-refractivity contribution in [2.24, 2.45) is 0 Å². The molecule has 1 aliphatic carbocycles. The zero-order valence-electron chi connectivity index (χ0n) is 5.88. The molecule has 1 aromatic rings. The molecule has 0 aliphatic heterocycles. The van der Waals surface area contributed by atoms with Crippen LogP contribution in [0.3, 0.4) is 0 Å². The Morgan fingerprint density at radius 3 is 2.82 bits per heavy atom. The third-order valence-corrected chi connectivity index (χ3v) is 3.30. The van der Waals surface area contributed by atoms with Crippen LogP contribution in [0, 0.1) is 0 Å². The highest BCUT2D eigenvalue weighted by molar-refractivity contribution is 9.11. The van der Waals surface area contributed by atoms with Gasteiger partial charge in [0.05, 0.1) is 3.79 Å². The van der Waals surface area contributed by atoms with Crippen molar-refractivity contribution in [3.05, 3.63) is 39.0 Å². The number of thiophene rings is 1. The van der Waals surface area contributed by atoms with E-state index in [1.54, 1.807) is 11.3 Å². The van der Waals surface area contributed by atoms with Gasteiger partial charge >= 0.3 is 0 Å². The van der Waals surface area contributed by atoms with E-state index in [-0.39, 0.29) is 0 Å². The topological polar surface area (TPSA) is 0 Å². The molecule has 2 heteroatoms. The Balaban J connectivity index is 2.36. The van der Waals surface area contributed by atoms with Gasteiger partial charge in [0.25, 0.3) is 0 Å². The summed E-state index contributed by atoms with van der Waals surface area (Å²) in [5.41, 5.74) is 1.36. The second-order valence-corrected chi connectivity index (χ2v) is 4.86. The maximum Gasteiger partial charge on any atom is 0.0705 e. The Hall–Kier alpha value is -0.340. The van der Waals surface area contributed by atoms with E-state index in [4.69, 9.17) is 0 Å². The van der Waals surface area contributed by atoms with Gasteiger partial charge in [0.1, 0.15) is 0 Å². The van der Waals surface area contributed by atoms with Gasteiger partial charge in [-0.15, -0.1) is 11.3 Å². The minimum absolute atomic E-state index is 1.09. The molecular formula is C9H7BrS. The Morgan fingerprint density at radius 1 is 1.36 bits per heavy atom. The molecule has 1 heterocycles. The van der Waals surface area contributed by atoms with Gasteiger partial charge in [-0.25, -0.2) is 0 Å². The Morgan fingerprint density at radius 2 is 2.27 bits per heavy atom. The summed E-state index contributed by atoms with van der Waals surface area (Å²) in [7, 11) is 0. The fourth-order valence-corrected chi connectivity index (χ4v) is 2.52. The highest BCUT2D eigenvalue weighted by Crippen LogP contribution is 2.30. The average molecular weight is 227 g/mol. The summed E-state index contributed by atoms with van der Waals surface area (Å²) in [5.74, 6) is 0. The number of hydrogen-bond donors (Lipinski definition) is 0. The second kappa shape index (κ2) is 2.95. The molecule has 1 aliphatic rings. The summed E-state index contributed by atoms with van der Waals surface area (Å²) in [6.07, 6.45) is 7.70. The van der Waals surface area contributed by atoms with E-state index in [1.807, 2.05) is 0 Å². The summed E-state index contributed by atoms with van der Waals surface area (Å²) >= 11 is 5.23. The number of allylic oxidation sites excluding steroid dienone is 4. The predicted octanol–water partition coefficient (Wildman–Crippen LogP) is 3.85. The van der Waals surface area contributed by atoms with Gasteiger partial charge in [-0.05, 0) is 40.1 Å². The van der Waals surface area contributed by atoms with Crippen molar-refractivity contribution in [3.63, 3.8) is 0 Å². The van der Waals surface area contributed by atoms with Crippen molar-refractivity contribution in [3.8, 4) is 0 Å². The molecule has 1 aromatic heterocycles. The fraction of sp³-hybridized carbons (Fsp3) is 0.111. The first-order chi connectivity index (χ1) is 5.36. The van der Waals surface area contributed by atoms with Crippen molar-refractivity contribution in [2.45, 2.75) is 6.42 Å². The molecule has 0 spiro atoms. The van der Waals surface area contributed by atoms with Crippen molar-refractivity contribution >= 4 is 32.8 Å². The first-order valence-electron chi connectivity index (χ1n) is 3.49. The molecule has 0 atom stereocenters. The van der Waals surface area contributed by atoms with Gasteiger partial charge in [-0.2, -0.15) is 0 Å². The number of hydrogen-bond acceptors (Lipinski definition) is 1. The van der Waals surface area contributed by atoms with Crippen LogP contribution in [0.25, 0.3) is 5.57 Å². The van der Waals surface area contributed by atoms with Crippen LogP contribution in [0.4, 0.5) is 0 Å². The molecule has 0 unspecified atom stereocenters. The zero-order valence-corrected chi connectivity index (χ0v) is 8.28. The maximum absolute atomic E-state index is 3.45. The zero-order chi connectivity index (χ0) is 7.68. The van der Waals surface area contributed by atoms with Gasteiger partial charge in [-0.1, -0.05) is 18.2 Å². The molecule has 56 valence electrons. The SMILES string of the molecule is Brc1ccc(C2=CCC=C2)s1. The summed E-state index contributed by atoms with van der Waals surface area (Å²) < 4.78 is 1.20. The quantitative estimate of drug-likeness (QED) is 0.683. The lowest BCUT2D eigenvalue weighted by Gasteiger charge is -1.90. The monoisotopic (exact) mass is 226 g/mol. The summed E-state index contributed by atoms with van der Waals surface area (Å²) in [4.78, 5) is 1.35. The van der Waals surface area contributed by atoms with Gasteiger partial charge in [0, 0.05) is 4.88 Å². The van der Waals surface area contributed by atoms with Crippen molar-refractivity contribution in [2.75, 3.05) is 0 Å². The predicted molar refractivity (Wildman–Crippen MR) is 53.8 cm³/mol. The average Bonchev–Trinajstić information content (AvgIpc) is 2.55. The minimum atomic E-state index is 1.09. The van der Waals surface area contributed by atoms with Crippen LogP contribution in [0.5, 0.6) is 0 Å². The maximum atomic E-state index is 3.45. The van der Waals surface area contributed by atoms with Crippen LogP contribution < -0.4 is 0 Å². The molecule has 0 amide bonds. The summed E-state index contributed by atoms with van der Waals surface area (Å²) in [6.45, 7) is 0. The van der Waals surface area contributed by atoms with Crippen LogP contribution in [-0.2, 0) is 0 Å². The number of rotatable bonds is 1. The standard InChI is InChI=1S/C9H7BrS/c10-9-6-5-8(11-9)7-3-1-2-4-7/h1,3-6H,2H2. The van der Waals surface area contributed by atoms with Crippen LogP contribution in [0.2, 0.25) is 0 Å². The smallest absolute Gasteiger partial charge is 0.0705 e. The molecule has 0 nitrogen and oxygen atoms in total. The van der Waals surface area contributed by atoms with E-state index in [2.05, 4.69) is 46.3 Å². The molecule has 0 saturated heterocycles. The normalized spacial score (nSPS) is 15.5. The third kappa shape index (κ3) is 1.47. The van der Waals surface area contributed by atoms with Crippen molar-refractivity contribution in [1.29, 1.82) is 0 Å². The molecule has 0 fully saturated rings. The van der Waals surface area contributed by atoms with Crippen molar-refractivity contribution in [1.82, 2.24) is 0 Å². The second-order valence-electron chi connectivity index (χ2n) is 2.40. The first-order valence-corrected chi connectivity index (χ1v) is 5.09. The van der Waals surface area contributed by atoms with Crippen LogP contribution >= 0.6 is 27.3 Å². The molecule has 0 radical (unpaired) electrons. The Bertz CT molecular complexity index is 320. The van der Waals surface area contributed by atoms with Crippen molar-refractivity contribution < 1.29 is 0 Å². The third-order valence-electron chi connectivity index (χ3n) is 1.63. The van der Waals surface area contributed by atoms with Crippen LogP contribution in [0.1, 0.15) is 11.3 Å². The molecule has 11 heavy (non-hydrogen) atoms. The first kappa shape index (κ1) is 7.32. The Kier molecular flexibility index (Phi) is 1.96.